The normalized spacial score (nSPS) is 22.4. The van der Waals surface area contributed by atoms with E-state index in [2.05, 4.69) is 65.7 Å². The predicted molar refractivity (Wildman–Crippen MR) is 422 cm³/mol. The van der Waals surface area contributed by atoms with E-state index in [1.54, 1.807) is 101 Å². The average molecular weight is 1600 g/mol. The topological polar surface area (TPSA) is 410 Å². The van der Waals surface area contributed by atoms with E-state index in [-0.39, 0.29) is 56.5 Å². The van der Waals surface area contributed by atoms with E-state index in [1.165, 1.54) is 45.7 Å². The fraction of sp³-hybridized carbons (Fsp3) is 0.519. The van der Waals surface area contributed by atoms with Crippen molar-refractivity contribution >= 4 is 115 Å². The Bertz CT molecular complexity index is 4610. The fourth-order valence-electron chi connectivity index (χ4n) is 14.7. The summed E-state index contributed by atoms with van der Waals surface area (Å²) in [6, 6.07) is 8.92. The number of ether oxygens (including phenoxy) is 7. The van der Waals surface area contributed by atoms with Crippen LogP contribution in [0.4, 0.5) is 29.4 Å². The number of hydrogen-bond acceptors (Lipinski definition) is 23. The molecular weight excluding hydrogens is 1500 g/mol. The van der Waals surface area contributed by atoms with Gasteiger partial charge in [-0.1, -0.05) is 53.7 Å². The van der Waals surface area contributed by atoms with Gasteiger partial charge >= 0.3 is 36.2 Å². The molecule has 2 aliphatic heterocycles. The van der Waals surface area contributed by atoms with E-state index >= 15 is 0 Å². The van der Waals surface area contributed by atoms with E-state index in [9.17, 15) is 53.1 Å². The maximum absolute atomic E-state index is 14.7. The number of thiazole rings is 2. The molecule has 9 N–H and O–H groups in total. The van der Waals surface area contributed by atoms with Gasteiger partial charge in [-0.3, -0.25) is 29.8 Å². The number of aromatic nitrogens is 4. The zero-order chi connectivity index (χ0) is 81.4. The zero-order valence-electron chi connectivity index (χ0n) is 65.3. The van der Waals surface area contributed by atoms with Gasteiger partial charge < -0.3 is 80.0 Å². The summed E-state index contributed by atoms with van der Waals surface area (Å²) >= 11 is 2.46. The molecule has 0 unspecified atom stereocenters. The Labute approximate surface area is 662 Å². The monoisotopic (exact) mass is 1600 g/mol. The van der Waals surface area contributed by atoms with Crippen molar-refractivity contribution in [3.8, 4) is 45.8 Å². The van der Waals surface area contributed by atoms with E-state index in [4.69, 9.17) is 43.1 Å². The van der Waals surface area contributed by atoms with Gasteiger partial charge in [-0.25, -0.2) is 48.7 Å². The van der Waals surface area contributed by atoms with Crippen molar-refractivity contribution in [2.75, 3.05) is 58.1 Å². The summed E-state index contributed by atoms with van der Waals surface area (Å²) in [6.45, 7) is 22.8. The number of pyridine rings is 2. The van der Waals surface area contributed by atoms with Crippen LogP contribution in [0.3, 0.4) is 0 Å². The molecule has 4 saturated carbocycles. The number of urea groups is 2. The molecule has 6 aromatic rings. The summed E-state index contributed by atoms with van der Waals surface area (Å²) in [4.78, 5) is 155. The van der Waals surface area contributed by atoms with Crippen LogP contribution in [0.1, 0.15) is 132 Å². The van der Waals surface area contributed by atoms with Crippen LogP contribution in [0.15, 0.2) is 84.6 Å². The summed E-state index contributed by atoms with van der Waals surface area (Å²) in [5.41, 5.74) is -1.51. The molecule has 2 aromatic carbocycles. The van der Waals surface area contributed by atoms with Gasteiger partial charge in [0, 0.05) is 83.6 Å². The van der Waals surface area contributed by atoms with E-state index in [1.807, 2.05) is 33.8 Å². The number of aliphatic carboxylic acids is 1. The van der Waals surface area contributed by atoms with Crippen LogP contribution in [-0.2, 0) is 43.0 Å². The number of nitrogens with one attached hydrogen (secondary N) is 8. The van der Waals surface area contributed by atoms with Gasteiger partial charge in [-0.05, 0) is 113 Å². The molecule has 32 nitrogen and oxygen atoms in total. The summed E-state index contributed by atoms with van der Waals surface area (Å²) in [5.74, 6) is -2.96. The van der Waals surface area contributed by atoms with Crippen molar-refractivity contribution in [2.24, 2.45) is 22.7 Å². The van der Waals surface area contributed by atoms with Crippen LogP contribution < -0.4 is 61.5 Å². The maximum Gasteiger partial charge on any atom is 0.408 e. The van der Waals surface area contributed by atoms with Crippen LogP contribution in [-0.4, -0.2) is 202 Å². The van der Waals surface area contributed by atoms with Crippen molar-refractivity contribution in [2.45, 2.75) is 192 Å². The second kappa shape index (κ2) is 35.0. The molecule has 606 valence electrons. The summed E-state index contributed by atoms with van der Waals surface area (Å²) in [5, 5.41) is 37.5. The number of likely N-dealkylation sites (tertiary alicyclic amines) is 2. The van der Waals surface area contributed by atoms with Crippen LogP contribution in [0.5, 0.6) is 23.0 Å². The highest BCUT2D eigenvalue weighted by atomic mass is 32.1. The molecular formula is C79H100N14O18S2. The largest absolute Gasteiger partial charge is 0.497 e. The highest BCUT2D eigenvalue weighted by Gasteiger charge is 2.63. The minimum atomic E-state index is -1.53. The standard InChI is InChI=1S/C40H51N7O9S.C39H49N7O9S/c1-8-22-19-40(22,35(50)54-7)46-33(48)30-17-25(20-47(30)34(49)32(39(3,4)5)44-38(52)56-23-12-10-11-13-23)55-31-18-28(42-27-16-24(53-6)14-15-26(27)31)29-21-57-37(43-29)45-36(51)41-9-2;1-7-21-18-39(21,34(49)50)45-32(47)29-16-24(19-46(29)33(48)31(38(3,4)5)43-37(52)55-22-11-9-10-12-22)54-30-17-27(41-26-15-23(53-6)13-14-25(26)30)28-20-56-36(42-28)44-35(51)40-8-2/h8,14-16,18,21-23,25,30,32H,1,9-13,17,19-20H2,2-7H3,(H,44,52)(H,46,48)(H2,41,43,45,51);7,13-15,17,20-22,24,29,31H,1,8-12,16,18-19H2,2-6H3,(H,43,52)(H,45,47)(H,49,50)(H2,40,42,44,51)/t22-,25-,30+,32-,40-;21-,24-,29+,31-,39-/m11/s1. The van der Waals surface area contributed by atoms with Crippen molar-refractivity contribution in [3.63, 3.8) is 0 Å². The molecule has 10 amide bonds. The van der Waals surface area contributed by atoms with Gasteiger partial charge in [0.15, 0.2) is 10.3 Å². The number of amides is 10. The van der Waals surface area contributed by atoms with Crippen LogP contribution in [0.2, 0.25) is 0 Å². The molecule has 0 radical (unpaired) electrons. The van der Waals surface area contributed by atoms with Crippen molar-refractivity contribution in [3.05, 3.63) is 84.6 Å². The lowest BCUT2D eigenvalue weighted by Gasteiger charge is -2.35. The molecule has 4 aliphatic carbocycles. The van der Waals surface area contributed by atoms with E-state index in [0.29, 0.717) is 97.4 Å². The molecule has 6 fully saturated rings. The lowest BCUT2D eigenvalue weighted by atomic mass is 9.85. The van der Waals surface area contributed by atoms with Gasteiger partial charge in [0.25, 0.3) is 0 Å². The quantitative estimate of drug-likeness (QED) is 0.0138. The molecule has 10 atom stereocenters. The second-order valence-corrected chi connectivity index (χ2v) is 32.8. The van der Waals surface area contributed by atoms with Crippen LogP contribution in [0.25, 0.3) is 44.6 Å². The van der Waals surface area contributed by atoms with E-state index < -0.39 is 118 Å². The second-order valence-electron chi connectivity index (χ2n) is 31.1. The lowest BCUT2D eigenvalue weighted by Crippen LogP contribution is -2.59. The van der Waals surface area contributed by atoms with Crippen molar-refractivity contribution in [1.29, 1.82) is 0 Å². The van der Waals surface area contributed by atoms with Crippen molar-refractivity contribution < 1.29 is 86.2 Å². The Kier molecular flexibility index (Phi) is 25.7. The van der Waals surface area contributed by atoms with Gasteiger partial charge in [0.05, 0.1) is 56.8 Å². The molecule has 6 aliphatic rings. The third-order valence-electron chi connectivity index (χ3n) is 21.0. The number of carboxylic acid groups (broad SMARTS) is 1. The van der Waals surface area contributed by atoms with Crippen molar-refractivity contribution in [1.82, 2.24) is 61.6 Å². The Balaban J connectivity index is 0.000000223. The summed E-state index contributed by atoms with van der Waals surface area (Å²) in [6.07, 6.45) is 7.18. The number of anilines is 2. The summed E-state index contributed by atoms with van der Waals surface area (Å²) < 4.78 is 40.7. The maximum atomic E-state index is 14.7. The number of esters is 1. The Morgan fingerprint density at radius 3 is 1.32 bits per heavy atom. The van der Waals surface area contributed by atoms with Gasteiger partial charge in [0.1, 0.15) is 94.0 Å². The number of carbonyl (C=O) groups is 10. The number of fused-ring (bicyclic) bond motifs is 2. The third-order valence-corrected chi connectivity index (χ3v) is 22.5. The smallest absolute Gasteiger partial charge is 0.408 e. The number of carbonyl (C=O) groups excluding carboxylic acids is 9. The Morgan fingerprint density at radius 2 is 0.965 bits per heavy atom. The first-order chi connectivity index (χ1) is 53.8. The number of methoxy groups -OCH3 is 3. The van der Waals surface area contributed by atoms with Gasteiger partial charge in [-0.2, -0.15) is 0 Å². The van der Waals surface area contributed by atoms with E-state index in [0.717, 1.165) is 51.4 Å². The predicted octanol–water partition coefficient (Wildman–Crippen LogP) is 10.3. The Hall–Kier alpha value is -10.9. The summed E-state index contributed by atoms with van der Waals surface area (Å²) in [7, 11) is 4.34. The lowest BCUT2D eigenvalue weighted by molar-refractivity contribution is -0.148. The van der Waals surface area contributed by atoms with Crippen LogP contribution >= 0.6 is 22.7 Å². The first kappa shape index (κ1) is 83.0. The molecule has 6 heterocycles. The minimum absolute atomic E-state index is 0.0159. The first-order valence-electron chi connectivity index (χ1n) is 37.9. The van der Waals surface area contributed by atoms with Gasteiger partial charge in [0.2, 0.25) is 23.6 Å². The highest BCUT2D eigenvalue weighted by molar-refractivity contribution is 7.14. The zero-order valence-corrected chi connectivity index (χ0v) is 66.9. The molecule has 113 heavy (non-hydrogen) atoms. The average Bonchev–Trinajstić information content (AvgIpc) is 1.58. The highest BCUT2D eigenvalue weighted by Crippen LogP contribution is 2.48. The number of benzene rings is 2. The molecule has 12 rings (SSSR count). The fourth-order valence-corrected chi connectivity index (χ4v) is 16.1. The molecule has 34 heteroatoms. The Morgan fingerprint density at radius 1 is 0.566 bits per heavy atom. The number of carboxylic acids is 1. The molecule has 2 saturated heterocycles. The SMILES string of the molecule is C=C[C@@H]1C[C@]1(NC(=O)[C@@H]1C[C@@H](Oc2cc(-c3csc(NC(=O)NCC)n3)nc3cc(OC)ccc23)CN1C(=O)[C@@H](NC(=O)OC1CCCC1)C(C)(C)C)C(=O)O.C=C[C@@H]1C[C@]1(NC(=O)[C@@H]1C[C@@H](Oc2cc(-c3csc(NC(=O)NCC)n3)nc3cc(OC)ccc23)CN1C(=O)[C@@H](NC(=O)OC1CCCC1)C(C)(C)C)C(=O)OC. The van der Waals surface area contributed by atoms with Gasteiger partial charge in [-0.15, -0.1) is 35.8 Å². The number of alkyl carbamates (subject to hydrolysis) is 2. The molecule has 0 spiro atoms. The molecule has 0 bridgehead atoms. The third kappa shape index (κ3) is 19.3. The van der Waals surface area contributed by atoms with Crippen LogP contribution in [0, 0.1) is 22.7 Å². The first-order valence-corrected chi connectivity index (χ1v) is 39.7. The molecule has 4 aromatic heterocycles. The number of rotatable bonds is 26. The number of nitrogens with zero attached hydrogens (tertiary/aromatic N) is 6. The number of hydrogen-bond donors (Lipinski definition) is 9. The minimum Gasteiger partial charge on any atom is -0.497 e.